The summed E-state index contributed by atoms with van der Waals surface area (Å²) in [5, 5.41) is 0. The molecule has 286 valence electrons. The summed E-state index contributed by atoms with van der Waals surface area (Å²) in [6.07, 6.45) is -1.23. The maximum absolute atomic E-state index is 14.7. The first kappa shape index (κ1) is 42.1. The fourth-order valence-corrected chi connectivity index (χ4v) is 4.81. The summed E-state index contributed by atoms with van der Waals surface area (Å²) >= 11 is 0. The van der Waals surface area contributed by atoms with Crippen LogP contribution in [0.25, 0.3) is 11.1 Å². The summed E-state index contributed by atoms with van der Waals surface area (Å²) in [7, 11) is 0. The minimum atomic E-state index is -6.45. The van der Waals surface area contributed by atoms with Crippen LogP contribution in [0.5, 0.6) is 11.5 Å². The van der Waals surface area contributed by atoms with Gasteiger partial charge in [-0.2, -0.15) is 35.1 Å². The van der Waals surface area contributed by atoms with E-state index < -0.39 is 66.1 Å². The number of ether oxygens (including phenoxy) is 4. The molecule has 0 fully saturated rings. The normalized spacial score (nSPS) is 12.8. The van der Waals surface area contributed by atoms with Crippen molar-refractivity contribution in [3.05, 3.63) is 83.4 Å². The highest BCUT2D eigenvalue weighted by Gasteiger charge is 2.73. The van der Waals surface area contributed by atoms with Gasteiger partial charge < -0.3 is 18.9 Å². The van der Waals surface area contributed by atoms with Crippen LogP contribution in [0, 0.1) is 11.6 Å². The van der Waals surface area contributed by atoms with Gasteiger partial charge in [-0.05, 0) is 86.6 Å². The number of benzene rings is 3. The molecule has 52 heavy (non-hydrogen) atoms. The molecule has 0 radical (unpaired) electrons. The quantitative estimate of drug-likeness (QED) is 0.0496. The van der Waals surface area contributed by atoms with Crippen molar-refractivity contribution in [1.29, 1.82) is 0 Å². The largest absolute Gasteiger partial charge is 0.490 e. The van der Waals surface area contributed by atoms with Gasteiger partial charge in [0.05, 0.1) is 23.8 Å². The predicted molar refractivity (Wildman–Crippen MR) is 173 cm³/mol. The van der Waals surface area contributed by atoms with Crippen molar-refractivity contribution in [2.75, 3.05) is 19.8 Å². The van der Waals surface area contributed by atoms with E-state index in [0.29, 0.717) is 5.56 Å². The van der Waals surface area contributed by atoms with Crippen molar-refractivity contribution >= 4 is 11.9 Å². The number of carbonyl (C=O) groups is 2. The van der Waals surface area contributed by atoms with Gasteiger partial charge in [-0.15, -0.1) is 0 Å². The van der Waals surface area contributed by atoms with Gasteiger partial charge in [0.15, 0.2) is 11.6 Å². The van der Waals surface area contributed by atoms with E-state index in [1.165, 1.54) is 12.1 Å². The minimum Gasteiger partial charge on any atom is -0.490 e. The number of hydrogen-bond donors (Lipinski definition) is 0. The lowest BCUT2D eigenvalue weighted by Crippen LogP contribution is -2.54. The summed E-state index contributed by atoms with van der Waals surface area (Å²) in [6.45, 7) is 1.08. The number of alkyl halides is 7. The lowest BCUT2D eigenvalue weighted by atomic mass is 10.0. The van der Waals surface area contributed by atoms with Gasteiger partial charge in [-0.25, -0.2) is 14.0 Å². The molecule has 1 atom stereocenters. The number of rotatable bonds is 20. The lowest BCUT2D eigenvalue weighted by molar-refractivity contribution is -0.361. The highest BCUT2D eigenvalue weighted by molar-refractivity contribution is 5.92. The van der Waals surface area contributed by atoms with Gasteiger partial charge in [0, 0.05) is 6.61 Å². The monoisotopic (exact) mass is 750 g/mol. The molecule has 0 amide bonds. The van der Waals surface area contributed by atoms with Crippen molar-refractivity contribution in [3.8, 4) is 22.6 Å². The van der Waals surface area contributed by atoms with E-state index in [4.69, 9.17) is 14.2 Å². The Bertz CT molecular complexity index is 1590. The zero-order valence-electron chi connectivity index (χ0n) is 28.5. The second kappa shape index (κ2) is 19.0. The third-order valence-electron chi connectivity index (χ3n) is 7.85. The van der Waals surface area contributed by atoms with E-state index in [-0.39, 0.29) is 37.7 Å². The van der Waals surface area contributed by atoms with Crippen molar-refractivity contribution < 1.29 is 68.1 Å². The Hall–Kier alpha value is -4.27. The minimum absolute atomic E-state index is 0.0267. The van der Waals surface area contributed by atoms with Crippen LogP contribution in [-0.2, 0) is 9.47 Å². The second-order valence-corrected chi connectivity index (χ2v) is 12.0. The maximum atomic E-state index is 14.7. The zero-order valence-corrected chi connectivity index (χ0v) is 28.5. The van der Waals surface area contributed by atoms with Crippen LogP contribution in [-0.4, -0.2) is 55.9 Å². The third-order valence-corrected chi connectivity index (χ3v) is 7.85. The number of hydrogen-bond acceptors (Lipinski definition) is 6. The first-order valence-corrected chi connectivity index (χ1v) is 16.6. The summed E-state index contributed by atoms with van der Waals surface area (Å²) < 4.78 is 138. The number of carbonyl (C=O) groups excluding carboxylic acids is 2. The Kier molecular flexibility index (Phi) is 15.4. The van der Waals surface area contributed by atoms with Gasteiger partial charge in [-0.3, -0.25) is 0 Å². The first-order chi connectivity index (χ1) is 24.5. The predicted octanol–water partition coefficient (Wildman–Crippen LogP) is 10.8. The van der Waals surface area contributed by atoms with Crippen LogP contribution in [0.3, 0.4) is 0 Å². The van der Waals surface area contributed by atoms with Gasteiger partial charge in [-0.1, -0.05) is 50.5 Å². The first-order valence-electron chi connectivity index (χ1n) is 16.6. The summed E-state index contributed by atoms with van der Waals surface area (Å²) in [5.74, 6) is -16.8. The summed E-state index contributed by atoms with van der Waals surface area (Å²) in [4.78, 5) is 25.1. The van der Waals surface area contributed by atoms with E-state index >= 15 is 0 Å². The van der Waals surface area contributed by atoms with Crippen molar-refractivity contribution in [1.82, 2.24) is 0 Å². The average Bonchev–Trinajstić information content (AvgIpc) is 3.09. The molecule has 0 bridgehead atoms. The van der Waals surface area contributed by atoms with E-state index in [0.717, 1.165) is 55.4 Å². The van der Waals surface area contributed by atoms with Crippen molar-refractivity contribution in [2.24, 2.45) is 0 Å². The molecule has 3 rings (SSSR count). The van der Waals surface area contributed by atoms with Gasteiger partial charge >= 0.3 is 30.0 Å². The van der Waals surface area contributed by atoms with E-state index in [2.05, 4.69) is 11.7 Å². The molecule has 0 aliphatic carbocycles. The van der Waals surface area contributed by atoms with Crippen molar-refractivity contribution in [3.63, 3.8) is 0 Å². The molecule has 0 N–H and O–H groups in total. The Morgan fingerprint density at radius 2 is 1.29 bits per heavy atom. The molecule has 3 aromatic rings. The fraction of sp³-hybridized carbons (Fsp3) is 0.459. The molecule has 0 saturated carbocycles. The fourth-order valence-electron chi connectivity index (χ4n) is 4.81. The smallest absolute Gasteiger partial charge is 0.459 e. The molecule has 0 aliphatic rings. The number of esters is 2. The molecule has 6 nitrogen and oxygen atoms in total. The highest BCUT2D eigenvalue weighted by atomic mass is 19.4. The average molecular weight is 751 g/mol. The Balaban J connectivity index is 1.44. The van der Waals surface area contributed by atoms with Crippen LogP contribution >= 0.6 is 0 Å². The highest BCUT2D eigenvalue weighted by Crippen LogP contribution is 2.46. The van der Waals surface area contributed by atoms with Crippen LogP contribution in [0.2, 0.25) is 0 Å². The van der Waals surface area contributed by atoms with Crippen LogP contribution in [0.4, 0.5) is 39.5 Å². The van der Waals surface area contributed by atoms with E-state index in [1.807, 2.05) is 6.92 Å². The molecular formula is C37H39F9O6. The molecule has 0 aliphatic heterocycles. The Morgan fingerprint density at radius 1 is 0.692 bits per heavy atom. The lowest BCUT2D eigenvalue weighted by Gasteiger charge is -2.27. The van der Waals surface area contributed by atoms with Gasteiger partial charge in [0.1, 0.15) is 12.4 Å². The van der Waals surface area contributed by atoms with Gasteiger partial charge in [0.2, 0.25) is 5.82 Å². The maximum Gasteiger partial charge on any atom is 0.459 e. The summed E-state index contributed by atoms with van der Waals surface area (Å²) in [5.41, 5.74) is 1.18. The van der Waals surface area contributed by atoms with Crippen molar-refractivity contribution in [2.45, 2.75) is 89.3 Å². The molecule has 1 unspecified atom stereocenters. The third kappa shape index (κ3) is 11.6. The van der Waals surface area contributed by atoms with Gasteiger partial charge in [0.25, 0.3) is 0 Å². The molecular weight excluding hydrogens is 711 g/mol. The zero-order chi connectivity index (χ0) is 38.5. The second-order valence-electron chi connectivity index (χ2n) is 12.0. The molecule has 3 aromatic carbocycles. The number of unbranched alkanes of at least 4 members (excludes halogenated alkanes) is 5. The topological polar surface area (TPSA) is 71.1 Å². The summed E-state index contributed by atoms with van der Waals surface area (Å²) in [6, 6.07) is 14.9. The molecule has 0 aromatic heterocycles. The van der Waals surface area contributed by atoms with Crippen LogP contribution in [0.1, 0.15) is 85.9 Å². The Labute approximate surface area is 295 Å². The SMILES string of the molecule is CCCCCCC(C)OC(=O)c1ccc(-c2ccc(OC(=O)c3ccc(OCCCCCOCC(F)(F)C(F)(F)C(F)(F)F)c(F)c3F)cc2)cc1. The number of halogens is 9. The standard InChI is InChI=1S/C37H39F9O6/c1-3-4-5-7-10-24(2)51-33(47)27-13-11-25(12-14-27)26-15-17-28(18-16-26)52-34(48)29-19-20-30(32(39)31(29)38)50-22-9-6-8-21-49-23-35(40,41)36(42,43)37(44,45)46/h11-20,24H,3-10,21-23H2,1-2H3. The molecule has 15 heteroatoms. The Morgan fingerprint density at radius 3 is 1.90 bits per heavy atom. The molecule has 0 spiro atoms. The molecule has 0 saturated heterocycles. The van der Waals surface area contributed by atoms with E-state index in [9.17, 15) is 49.1 Å². The molecule has 0 heterocycles. The van der Waals surface area contributed by atoms with E-state index in [1.54, 1.807) is 36.4 Å². The van der Waals surface area contributed by atoms with Crippen LogP contribution < -0.4 is 9.47 Å². The van der Waals surface area contributed by atoms with Crippen LogP contribution in [0.15, 0.2) is 60.7 Å².